The number of aliphatic hydroxyl groups is 1. The van der Waals surface area contributed by atoms with Crippen LogP contribution in [0.4, 0.5) is 0 Å². The van der Waals surface area contributed by atoms with Crippen LogP contribution in [0.2, 0.25) is 0 Å². The first-order valence-corrected chi connectivity index (χ1v) is 12.7. The molecule has 3 rings (SSSR count). The molecule has 7 heteroatoms. The molecule has 0 aromatic heterocycles. The molecular weight excluding hydrogens is 424 g/mol. The number of carbonyl (C=O) groups excluding carboxylic acids is 1. The Bertz CT molecular complexity index is 996. The first kappa shape index (κ1) is 24.4. The lowest BCUT2D eigenvalue weighted by Gasteiger charge is -2.36. The molecule has 1 saturated carbocycles. The number of amides is 1. The molecule has 2 aromatic carbocycles. The average molecular weight is 459 g/mol. The van der Waals surface area contributed by atoms with Crippen LogP contribution in [0.25, 0.3) is 0 Å². The predicted octanol–water partition coefficient (Wildman–Crippen LogP) is 3.71. The van der Waals surface area contributed by atoms with Crippen LogP contribution in [0.15, 0.2) is 59.5 Å². The highest BCUT2D eigenvalue weighted by atomic mass is 32.2. The zero-order chi connectivity index (χ0) is 23.4. The van der Waals surface area contributed by atoms with E-state index in [0.29, 0.717) is 25.7 Å². The molecular formula is C25H34N2O4S. The van der Waals surface area contributed by atoms with Gasteiger partial charge in [-0.05, 0) is 50.3 Å². The molecule has 0 aliphatic heterocycles. The molecule has 2 aromatic rings. The van der Waals surface area contributed by atoms with E-state index >= 15 is 0 Å². The maximum Gasteiger partial charge on any atom is 0.240 e. The Morgan fingerprint density at radius 3 is 2.19 bits per heavy atom. The fourth-order valence-electron chi connectivity index (χ4n) is 4.21. The quantitative estimate of drug-likeness (QED) is 0.562. The largest absolute Gasteiger partial charge is 0.396 e. The lowest BCUT2D eigenvalue weighted by Crippen LogP contribution is -2.45. The number of sulfonamides is 1. The first-order valence-electron chi connectivity index (χ1n) is 11.2. The lowest BCUT2D eigenvalue weighted by atomic mass is 9.80. The van der Waals surface area contributed by atoms with Gasteiger partial charge in [0.2, 0.25) is 15.9 Å². The van der Waals surface area contributed by atoms with Crippen molar-refractivity contribution < 1.29 is 18.3 Å². The van der Waals surface area contributed by atoms with E-state index in [2.05, 4.69) is 10.0 Å². The number of hydrogen-bond acceptors (Lipinski definition) is 4. The fourth-order valence-corrected chi connectivity index (χ4v) is 5.51. The van der Waals surface area contributed by atoms with Gasteiger partial charge in [-0.3, -0.25) is 4.79 Å². The molecule has 1 aliphatic carbocycles. The number of aryl methyl sites for hydroxylation is 1. The molecule has 1 atom stereocenters. The number of benzene rings is 2. The Labute approximate surface area is 191 Å². The summed E-state index contributed by atoms with van der Waals surface area (Å²) in [5.74, 6) is -0.212. The minimum Gasteiger partial charge on any atom is -0.396 e. The molecule has 174 valence electrons. The number of rotatable bonds is 8. The summed E-state index contributed by atoms with van der Waals surface area (Å²) < 4.78 is 28.1. The van der Waals surface area contributed by atoms with Crippen LogP contribution in [0, 0.1) is 18.3 Å². The summed E-state index contributed by atoms with van der Waals surface area (Å²) >= 11 is 0. The standard InChI is InChI=1S/C25H34N2O4S/c1-18-9-15-22(16-10-18)32(30,31)27-21-13-11-20(12-14-21)24(29)26-23(25(2,3)17-28)19-7-5-4-6-8-19/h4-10,15-16,20-21,23,27-28H,11-14,17H2,1-3H3,(H,26,29)/t20?,21?,23-/m0/s1. The van der Waals surface area contributed by atoms with Crippen molar-refractivity contribution in [2.45, 2.75) is 63.4 Å². The second kappa shape index (κ2) is 10.1. The number of carbonyl (C=O) groups is 1. The van der Waals surface area contributed by atoms with Crippen LogP contribution in [-0.2, 0) is 14.8 Å². The Morgan fingerprint density at radius 1 is 1.03 bits per heavy atom. The molecule has 3 N–H and O–H groups in total. The van der Waals surface area contributed by atoms with Gasteiger partial charge in [0.05, 0.1) is 17.5 Å². The smallest absolute Gasteiger partial charge is 0.240 e. The monoisotopic (exact) mass is 458 g/mol. The molecule has 0 bridgehead atoms. The van der Waals surface area contributed by atoms with Crippen LogP contribution < -0.4 is 10.0 Å². The van der Waals surface area contributed by atoms with Crippen molar-refractivity contribution in [2.75, 3.05) is 6.61 Å². The van der Waals surface area contributed by atoms with E-state index in [1.165, 1.54) is 0 Å². The first-order chi connectivity index (χ1) is 15.1. The van der Waals surface area contributed by atoms with Gasteiger partial charge in [0, 0.05) is 17.4 Å². The summed E-state index contributed by atoms with van der Waals surface area (Å²) in [4.78, 5) is 13.3. The lowest BCUT2D eigenvalue weighted by molar-refractivity contribution is -0.128. The van der Waals surface area contributed by atoms with E-state index in [4.69, 9.17) is 0 Å². The number of hydrogen-bond donors (Lipinski definition) is 3. The fraction of sp³-hybridized carbons (Fsp3) is 0.480. The maximum atomic E-state index is 13.1. The van der Waals surface area contributed by atoms with E-state index in [1.54, 1.807) is 24.3 Å². The van der Waals surface area contributed by atoms with Gasteiger partial charge >= 0.3 is 0 Å². The van der Waals surface area contributed by atoms with Crippen LogP contribution in [-0.4, -0.2) is 32.1 Å². The van der Waals surface area contributed by atoms with Crippen molar-refractivity contribution in [1.29, 1.82) is 0 Å². The minimum atomic E-state index is -3.57. The number of nitrogens with one attached hydrogen (secondary N) is 2. The molecule has 32 heavy (non-hydrogen) atoms. The van der Waals surface area contributed by atoms with Gasteiger partial charge in [0.1, 0.15) is 0 Å². The molecule has 0 unspecified atom stereocenters. The van der Waals surface area contributed by atoms with Crippen LogP contribution in [0.3, 0.4) is 0 Å². The van der Waals surface area contributed by atoms with Crippen molar-refractivity contribution in [1.82, 2.24) is 10.0 Å². The van der Waals surface area contributed by atoms with Crippen molar-refractivity contribution in [3.05, 3.63) is 65.7 Å². The van der Waals surface area contributed by atoms with Crippen molar-refractivity contribution in [2.24, 2.45) is 11.3 Å². The summed E-state index contributed by atoms with van der Waals surface area (Å²) in [5, 5.41) is 13.0. The molecule has 0 radical (unpaired) electrons. The molecule has 1 amide bonds. The van der Waals surface area contributed by atoms with Gasteiger partial charge in [-0.1, -0.05) is 61.9 Å². The minimum absolute atomic E-state index is 0.0415. The predicted molar refractivity (Wildman–Crippen MR) is 125 cm³/mol. The third-order valence-corrected chi connectivity index (χ3v) is 7.90. The second-order valence-corrected chi connectivity index (χ2v) is 11.2. The van der Waals surface area contributed by atoms with E-state index in [1.807, 2.05) is 51.1 Å². The van der Waals surface area contributed by atoms with E-state index in [-0.39, 0.29) is 35.4 Å². The van der Waals surface area contributed by atoms with Gasteiger partial charge in [-0.15, -0.1) is 0 Å². The van der Waals surface area contributed by atoms with Crippen molar-refractivity contribution >= 4 is 15.9 Å². The average Bonchev–Trinajstić information content (AvgIpc) is 2.78. The zero-order valence-corrected chi connectivity index (χ0v) is 19.9. The summed E-state index contributed by atoms with van der Waals surface area (Å²) in [6, 6.07) is 16.0. The van der Waals surface area contributed by atoms with E-state index in [0.717, 1.165) is 11.1 Å². The van der Waals surface area contributed by atoms with Crippen molar-refractivity contribution in [3.8, 4) is 0 Å². The topological polar surface area (TPSA) is 95.5 Å². The third-order valence-electron chi connectivity index (χ3n) is 6.36. The zero-order valence-electron chi connectivity index (χ0n) is 19.0. The molecule has 6 nitrogen and oxygen atoms in total. The normalized spacial score (nSPS) is 20.5. The van der Waals surface area contributed by atoms with Gasteiger partial charge in [-0.2, -0.15) is 0 Å². The molecule has 1 aliphatic rings. The van der Waals surface area contributed by atoms with Crippen LogP contribution in [0.1, 0.15) is 56.7 Å². The third kappa shape index (κ3) is 5.97. The van der Waals surface area contributed by atoms with Crippen LogP contribution >= 0.6 is 0 Å². The van der Waals surface area contributed by atoms with Crippen LogP contribution in [0.5, 0.6) is 0 Å². The Balaban J connectivity index is 1.60. The Kier molecular flexibility index (Phi) is 7.75. The van der Waals surface area contributed by atoms with Gasteiger partial charge in [-0.25, -0.2) is 13.1 Å². The van der Waals surface area contributed by atoms with Crippen molar-refractivity contribution in [3.63, 3.8) is 0 Å². The summed E-state index contributed by atoms with van der Waals surface area (Å²) in [5.41, 5.74) is 1.45. The maximum absolute atomic E-state index is 13.1. The highest BCUT2D eigenvalue weighted by Gasteiger charge is 2.35. The molecule has 1 fully saturated rings. The van der Waals surface area contributed by atoms with Gasteiger partial charge in [0.25, 0.3) is 0 Å². The van der Waals surface area contributed by atoms with E-state index in [9.17, 15) is 18.3 Å². The Morgan fingerprint density at radius 2 is 1.62 bits per heavy atom. The molecule has 0 heterocycles. The molecule has 0 saturated heterocycles. The highest BCUT2D eigenvalue weighted by Crippen LogP contribution is 2.34. The highest BCUT2D eigenvalue weighted by molar-refractivity contribution is 7.89. The summed E-state index contributed by atoms with van der Waals surface area (Å²) in [6.45, 7) is 5.73. The molecule has 0 spiro atoms. The summed E-state index contributed by atoms with van der Waals surface area (Å²) in [7, 11) is -3.57. The number of aliphatic hydroxyl groups excluding tert-OH is 1. The Hall–Kier alpha value is -2.22. The summed E-state index contributed by atoms with van der Waals surface area (Å²) in [6.07, 6.45) is 2.47. The second-order valence-electron chi connectivity index (χ2n) is 9.48. The SMILES string of the molecule is Cc1ccc(S(=O)(=O)NC2CCC(C(=O)N[C@@H](c3ccccc3)C(C)(C)CO)CC2)cc1. The van der Waals surface area contributed by atoms with E-state index < -0.39 is 15.4 Å². The van der Waals surface area contributed by atoms with Gasteiger partial charge < -0.3 is 10.4 Å². The van der Waals surface area contributed by atoms with Gasteiger partial charge in [0.15, 0.2) is 0 Å².